The molecular formula is C25H25N3O7. The maximum absolute atomic E-state index is 12.4. The van der Waals surface area contributed by atoms with Crippen molar-refractivity contribution in [3.63, 3.8) is 0 Å². The van der Waals surface area contributed by atoms with Crippen LogP contribution in [-0.4, -0.2) is 37.6 Å². The van der Waals surface area contributed by atoms with Crippen LogP contribution in [0.2, 0.25) is 0 Å². The molecule has 0 bridgehead atoms. The van der Waals surface area contributed by atoms with Crippen LogP contribution in [0, 0.1) is 10.1 Å². The summed E-state index contributed by atoms with van der Waals surface area (Å²) in [5.41, 5.74) is 1.67. The number of hydrogen-bond acceptors (Lipinski definition) is 8. The molecule has 3 aromatic carbocycles. The van der Waals surface area contributed by atoms with E-state index in [1.165, 1.54) is 26.4 Å². The average molecular weight is 479 g/mol. The van der Waals surface area contributed by atoms with E-state index >= 15 is 0 Å². The number of nitro benzene ring substituents is 1. The molecule has 0 heterocycles. The Morgan fingerprint density at radius 2 is 1.63 bits per heavy atom. The number of methoxy groups -OCH3 is 2. The summed E-state index contributed by atoms with van der Waals surface area (Å²) >= 11 is 0. The third kappa shape index (κ3) is 6.94. The number of carbonyl (C=O) groups is 2. The van der Waals surface area contributed by atoms with E-state index in [2.05, 4.69) is 10.6 Å². The van der Waals surface area contributed by atoms with Gasteiger partial charge in [-0.15, -0.1) is 0 Å². The third-order valence-corrected chi connectivity index (χ3v) is 5.03. The lowest BCUT2D eigenvalue weighted by molar-refractivity contribution is -0.384. The number of benzene rings is 3. The average Bonchev–Trinajstić information content (AvgIpc) is 2.89. The minimum Gasteiger partial charge on any atom is -0.493 e. The first-order chi connectivity index (χ1) is 16.9. The lowest BCUT2D eigenvalue weighted by Crippen LogP contribution is -2.28. The normalized spacial score (nSPS) is 10.2. The smallest absolute Gasteiger partial charge is 0.338 e. The molecule has 0 fully saturated rings. The molecule has 10 heteroatoms. The molecule has 3 rings (SSSR count). The predicted molar refractivity (Wildman–Crippen MR) is 129 cm³/mol. The summed E-state index contributed by atoms with van der Waals surface area (Å²) in [6.07, 6.45) is 0. The molecule has 0 saturated heterocycles. The minimum absolute atomic E-state index is 0.0327. The molecule has 0 unspecified atom stereocenters. The van der Waals surface area contributed by atoms with Crippen LogP contribution in [0.5, 0.6) is 11.5 Å². The fourth-order valence-corrected chi connectivity index (χ4v) is 3.21. The van der Waals surface area contributed by atoms with Crippen molar-refractivity contribution in [3.05, 3.63) is 93.5 Å². The Hall–Kier alpha value is -4.60. The van der Waals surface area contributed by atoms with Crippen LogP contribution in [0.25, 0.3) is 0 Å². The van der Waals surface area contributed by atoms with Crippen molar-refractivity contribution >= 4 is 23.3 Å². The highest BCUT2D eigenvalue weighted by molar-refractivity contribution is 5.93. The number of hydrogen-bond donors (Lipinski definition) is 2. The Morgan fingerprint density at radius 3 is 2.31 bits per heavy atom. The quantitative estimate of drug-likeness (QED) is 0.242. The van der Waals surface area contributed by atoms with E-state index < -0.39 is 23.4 Å². The molecule has 3 aromatic rings. The van der Waals surface area contributed by atoms with Gasteiger partial charge in [0.1, 0.15) is 5.69 Å². The SMILES string of the molecule is COc1ccc(CNC(=O)COC(=O)c2ccc(NCc3ccccc3)c([N+](=O)[O-])c2)cc1OC. The van der Waals surface area contributed by atoms with Crippen LogP contribution in [0.4, 0.5) is 11.4 Å². The zero-order valence-corrected chi connectivity index (χ0v) is 19.3. The number of rotatable bonds is 11. The summed E-state index contributed by atoms with van der Waals surface area (Å²) in [5, 5.41) is 17.1. The van der Waals surface area contributed by atoms with Crippen LogP contribution in [0.3, 0.4) is 0 Å². The summed E-state index contributed by atoms with van der Waals surface area (Å²) < 4.78 is 15.4. The zero-order valence-electron chi connectivity index (χ0n) is 19.3. The first-order valence-corrected chi connectivity index (χ1v) is 10.6. The molecule has 1 amide bonds. The number of carbonyl (C=O) groups excluding carboxylic acids is 2. The van der Waals surface area contributed by atoms with Gasteiger partial charge in [0.05, 0.1) is 24.7 Å². The van der Waals surface area contributed by atoms with Crippen molar-refractivity contribution in [2.75, 3.05) is 26.1 Å². The molecule has 10 nitrogen and oxygen atoms in total. The minimum atomic E-state index is -0.844. The van der Waals surface area contributed by atoms with Crippen LogP contribution >= 0.6 is 0 Å². The highest BCUT2D eigenvalue weighted by Crippen LogP contribution is 2.28. The monoisotopic (exact) mass is 479 g/mol. The van der Waals surface area contributed by atoms with Gasteiger partial charge >= 0.3 is 5.97 Å². The van der Waals surface area contributed by atoms with Gasteiger partial charge in [-0.1, -0.05) is 36.4 Å². The molecule has 182 valence electrons. The van der Waals surface area contributed by atoms with E-state index in [-0.39, 0.29) is 23.5 Å². The van der Waals surface area contributed by atoms with Crippen LogP contribution in [-0.2, 0) is 22.6 Å². The van der Waals surface area contributed by atoms with Crippen molar-refractivity contribution < 1.29 is 28.7 Å². The number of nitrogens with one attached hydrogen (secondary N) is 2. The van der Waals surface area contributed by atoms with Crippen molar-refractivity contribution in [2.24, 2.45) is 0 Å². The summed E-state index contributed by atoms with van der Waals surface area (Å²) in [6, 6.07) is 18.6. The number of amides is 1. The Labute approximate surface area is 202 Å². The predicted octanol–water partition coefficient (Wildman–Crippen LogP) is 3.70. The molecule has 35 heavy (non-hydrogen) atoms. The lowest BCUT2D eigenvalue weighted by atomic mass is 10.1. The van der Waals surface area contributed by atoms with E-state index in [4.69, 9.17) is 14.2 Å². The second kappa shape index (κ2) is 12.0. The van der Waals surface area contributed by atoms with Crippen molar-refractivity contribution in [1.82, 2.24) is 5.32 Å². The molecule has 0 saturated carbocycles. The summed E-state index contributed by atoms with van der Waals surface area (Å²) in [4.78, 5) is 35.4. The third-order valence-electron chi connectivity index (χ3n) is 5.03. The highest BCUT2D eigenvalue weighted by Gasteiger charge is 2.19. The Kier molecular flexibility index (Phi) is 8.60. The molecule has 0 aliphatic heterocycles. The fraction of sp³-hybridized carbons (Fsp3) is 0.200. The van der Waals surface area contributed by atoms with Crippen molar-refractivity contribution in [1.29, 1.82) is 0 Å². The van der Waals surface area contributed by atoms with Crippen molar-refractivity contribution in [3.8, 4) is 11.5 Å². The molecule has 2 N–H and O–H groups in total. The maximum atomic E-state index is 12.4. The van der Waals surface area contributed by atoms with Gasteiger partial charge in [0.15, 0.2) is 18.1 Å². The largest absolute Gasteiger partial charge is 0.493 e. The molecule has 0 radical (unpaired) electrons. The number of anilines is 1. The Balaban J connectivity index is 1.55. The Morgan fingerprint density at radius 1 is 0.886 bits per heavy atom. The second-order valence-electron chi connectivity index (χ2n) is 7.37. The van der Waals surface area contributed by atoms with Gasteiger partial charge in [0, 0.05) is 19.2 Å². The van der Waals surface area contributed by atoms with E-state index in [0.717, 1.165) is 17.2 Å². The molecule has 0 aromatic heterocycles. The topological polar surface area (TPSA) is 129 Å². The number of esters is 1. The second-order valence-corrected chi connectivity index (χ2v) is 7.37. The maximum Gasteiger partial charge on any atom is 0.338 e. The van der Waals surface area contributed by atoms with Gasteiger partial charge in [0.25, 0.3) is 11.6 Å². The van der Waals surface area contributed by atoms with E-state index in [9.17, 15) is 19.7 Å². The number of nitrogens with zero attached hydrogens (tertiary/aromatic N) is 1. The molecule has 0 atom stereocenters. The molecular weight excluding hydrogens is 454 g/mol. The molecule has 0 aliphatic carbocycles. The highest BCUT2D eigenvalue weighted by atomic mass is 16.6. The molecule has 0 spiro atoms. The van der Waals surface area contributed by atoms with E-state index in [1.807, 2.05) is 30.3 Å². The first kappa shape index (κ1) is 25.0. The van der Waals surface area contributed by atoms with Gasteiger partial charge < -0.3 is 24.8 Å². The zero-order chi connectivity index (χ0) is 25.2. The van der Waals surface area contributed by atoms with Gasteiger partial charge in [-0.2, -0.15) is 0 Å². The van der Waals surface area contributed by atoms with Gasteiger partial charge in [-0.3, -0.25) is 14.9 Å². The summed E-state index contributed by atoms with van der Waals surface area (Å²) in [7, 11) is 3.03. The van der Waals surface area contributed by atoms with E-state index in [0.29, 0.717) is 18.0 Å². The van der Waals surface area contributed by atoms with Crippen LogP contribution < -0.4 is 20.1 Å². The lowest BCUT2D eigenvalue weighted by Gasteiger charge is -2.11. The van der Waals surface area contributed by atoms with Gasteiger partial charge in [-0.05, 0) is 35.4 Å². The van der Waals surface area contributed by atoms with Gasteiger partial charge in [0.2, 0.25) is 0 Å². The number of nitro groups is 1. The number of ether oxygens (including phenoxy) is 3. The summed E-state index contributed by atoms with van der Waals surface area (Å²) in [6.45, 7) is 0.0314. The Bertz CT molecular complexity index is 1200. The van der Waals surface area contributed by atoms with E-state index in [1.54, 1.807) is 18.2 Å². The fourth-order valence-electron chi connectivity index (χ4n) is 3.21. The standard InChI is InChI=1S/C25H25N3O7/c1-33-22-11-8-18(12-23(22)34-2)15-27-24(29)16-35-25(30)19-9-10-20(21(13-19)28(31)32)26-14-17-6-4-3-5-7-17/h3-13,26H,14-16H2,1-2H3,(H,27,29). The van der Waals surface area contributed by atoms with Crippen LogP contribution in [0.15, 0.2) is 66.7 Å². The van der Waals surface area contributed by atoms with Crippen molar-refractivity contribution in [2.45, 2.75) is 13.1 Å². The first-order valence-electron chi connectivity index (χ1n) is 10.6. The summed E-state index contributed by atoms with van der Waals surface area (Å²) in [5.74, 6) is -0.284. The molecule has 0 aliphatic rings. The van der Waals surface area contributed by atoms with Gasteiger partial charge in [-0.25, -0.2) is 4.79 Å². The van der Waals surface area contributed by atoms with Crippen LogP contribution in [0.1, 0.15) is 21.5 Å².